The first-order valence-electron chi connectivity index (χ1n) is 5.69. The lowest BCUT2D eigenvalue weighted by atomic mass is 9.77. The minimum atomic E-state index is 0.465. The highest BCUT2D eigenvalue weighted by atomic mass is 15.1. The molecule has 1 atom stereocenters. The molecular weight excluding hydrogens is 184 g/mol. The van der Waals surface area contributed by atoms with Crippen LogP contribution >= 0.6 is 0 Å². The highest BCUT2D eigenvalue weighted by Gasteiger charge is 2.32. The maximum atomic E-state index is 4.22. The fourth-order valence-electron chi connectivity index (χ4n) is 2.36. The molecule has 1 aromatic rings. The summed E-state index contributed by atoms with van der Waals surface area (Å²) in [5, 5.41) is 0. The van der Waals surface area contributed by atoms with Gasteiger partial charge in [-0.25, -0.2) is 0 Å². The molecule has 0 aliphatic carbocycles. The molecule has 2 heterocycles. The standard InChI is InChI=1S/C13H20N2/c1-13(2)6-8-15(3)12(9-13)11-5-4-7-14-10-11/h4-5,7,10,12H,6,8-9H2,1-3H3. The average Bonchev–Trinajstić information content (AvgIpc) is 2.23. The zero-order valence-electron chi connectivity index (χ0n) is 9.90. The van der Waals surface area contributed by atoms with Gasteiger partial charge in [-0.1, -0.05) is 19.9 Å². The Morgan fingerprint density at radius 3 is 2.93 bits per heavy atom. The second-order valence-electron chi connectivity index (χ2n) is 5.40. The van der Waals surface area contributed by atoms with Crippen molar-refractivity contribution in [1.29, 1.82) is 0 Å². The van der Waals surface area contributed by atoms with Gasteiger partial charge in [-0.3, -0.25) is 9.88 Å². The topological polar surface area (TPSA) is 16.1 Å². The molecule has 1 unspecified atom stereocenters. The lowest BCUT2D eigenvalue weighted by Crippen LogP contribution is -2.37. The zero-order valence-corrected chi connectivity index (χ0v) is 9.90. The highest BCUT2D eigenvalue weighted by molar-refractivity contribution is 5.15. The summed E-state index contributed by atoms with van der Waals surface area (Å²) < 4.78 is 0. The van der Waals surface area contributed by atoms with Crippen molar-refractivity contribution in [3.8, 4) is 0 Å². The number of hydrogen-bond acceptors (Lipinski definition) is 2. The van der Waals surface area contributed by atoms with Crippen molar-refractivity contribution in [3.05, 3.63) is 30.1 Å². The predicted octanol–water partition coefficient (Wildman–Crippen LogP) is 2.87. The van der Waals surface area contributed by atoms with Crippen molar-refractivity contribution in [2.45, 2.75) is 32.7 Å². The van der Waals surface area contributed by atoms with E-state index in [0.29, 0.717) is 11.5 Å². The smallest absolute Gasteiger partial charge is 0.0365 e. The SMILES string of the molecule is CN1CCC(C)(C)CC1c1cccnc1. The monoisotopic (exact) mass is 204 g/mol. The lowest BCUT2D eigenvalue weighted by Gasteiger charge is -2.41. The van der Waals surface area contributed by atoms with Crippen molar-refractivity contribution in [2.24, 2.45) is 5.41 Å². The molecule has 0 amide bonds. The number of aromatic nitrogens is 1. The van der Waals surface area contributed by atoms with Gasteiger partial charge in [0.2, 0.25) is 0 Å². The molecule has 1 fully saturated rings. The molecule has 2 heteroatoms. The van der Waals surface area contributed by atoms with Crippen LogP contribution in [-0.4, -0.2) is 23.5 Å². The number of nitrogens with zero attached hydrogens (tertiary/aromatic N) is 2. The molecule has 0 radical (unpaired) electrons. The lowest BCUT2D eigenvalue weighted by molar-refractivity contribution is 0.0925. The molecule has 0 bridgehead atoms. The van der Waals surface area contributed by atoms with E-state index in [1.165, 1.54) is 24.9 Å². The number of pyridine rings is 1. The quantitative estimate of drug-likeness (QED) is 0.699. The molecule has 2 nitrogen and oxygen atoms in total. The first kappa shape index (κ1) is 10.6. The Morgan fingerprint density at radius 2 is 2.27 bits per heavy atom. The van der Waals surface area contributed by atoms with Gasteiger partial charge >= 0.3 is 0 Å². The van der Waals surface area contributed by atoms with Gasteiger partial charge in [0.15, 0.2) is 0 Å². The third-order valence-electron chi connectivity index (χ3n) is 3.49. The van der Waals surface area contributed by atoms with Crippen LogP contribution in [0.5, 0.6) is 0 Å². The van der Waals surface area contributed by atoms with Crippen molar-refractivity contribution in [1.82, 2.24) is 9.88 Å². The molecule has 82 valence electrons. The molecule has 15 heavy (non-hydrogen) atoms. The van der Waals surface area contributed by atoms with E-state index in [4.69, 9.17) is 0 Å². The van der Waals surface area contributed by atoms with Gasteiger partial charge in [0.1, 0.15) is 0 Å². The van der Waals surface area contributed by atoms with E-state index in [1.54, 1.807) is 0 Å². The van der Waals surface area contributed by atoms with E-state index in [0.717, 1.165) is 0 Å². The molecular formula is C13H20N2. The Hall–Kier alpha value is -0.890. The Morgan fingerprint density at radius 1 is 1.47 bits per heavy atom. The summed E-state index contributed by atoms with van der Waals surface area (Å²) in [5.41, 5.74) is 1.82. The third kappa shape index (κ3) is 2.37. The molecule has 2 rings (SSSR count). The summed E-state index contributed by atoms with van der Waals surface area (Å²) in [5.74, 6) is 0. The van der Waals surface area contributed by atoms with Crippen molar-refractivity contribution in [3.63, 3.8) is 0 Å². The van der Waals surface area contributed by atoms with Crippen LogP contribution in [0.25, 0.3) is 0 Å². The molecule has 0 saturated carbocycles. The summed E-state index contributed by atoms with van der Waals surface area (Å²) in [6.45, 7) is 5.92. The Balaban J connectivity index is 2.20. The van der Waals surface area contributed by atoms with Crippen LogP contribution in [-0.2, 0) is 0 Å². The summed E-state index contributed by atoms with van der Waals surface area (Å²) >= 11 is 0. The fraction of sp³-hybridized carbons (Fsp3) is 0.615. The van der Waals surface area contributed by atoms with E-state index in [-0.39, 0.29) is 0 Å². The summed E-state index contributed by atoms with van der Waals surface area (Å²) in [6.07, 6.45) is 6.37. The number of hydrogen-bond donors (Lipinski definition) is 0. The van der Waals surface area contributed by atoms with Gasteiger partial charge in [0.05, 0.1) is 0 Å². The Labute approximate surface area is 92.3 Å². The predicted molar refractivity (Wildman–Crippen MR) is 62.6 cm³/mol. The normalized spacial score (nSPS) is 26.5. The summed E-state index contributed by atoms with van der Waals surface area (Å²) in [7, 11) is 2.22. The van der Waals surface area contributed by atoms with Gasteiger partial charge in [0.25, 0.3) is 0 Å². The third-order valence-corrected chi connectivity index (χ3v) is 3.49. The van der Waals surface area contributed by atoms with Gasteiger partial charge in [-0.15, -0.1) is 0 Å². The number of rotatable bonds is 1. The second kappa shape index (κ2) is 3.93. The van der Waals surface area contributed by atoms with E-state index in [1.807, 2.05) is 18.5 Å². The van der Waals surface area contributed by atoms with Crippen molar-refractivity contribution < 1.29 is 0 Å². The molecule has 1 aliphatic heterocycles. The molecule has 1 aliphatic rings. The van der Waals surface area contributed by atoms with E-state index in [2.05, 4.69) is 36.8 Å². The first-order valence-corrected chi connectivity index (χ1v) is 5.69. The molecule has 1 saturated heterocycles. The molecule has 0 N–H and O–H groups in total. The Kier molecular flexibility index (Phi) is 2.79. The number of piperidine rings is 1. The Bertz CT molecular complexity index is 319. The van der Waals surface area contributed by atoms with Gasteiger partial charge in [0, 0.05) is 18.4 Å². The minimum Gasteiger partial charge on any atom is -0.299 e. The van der Waals surface area contributed by atoms with Crippen LogP contribution in [0.2, 0.25) is 0 Å². The molecule has 0 spiro atoms. The summed E-state index contributed by atoms with van der Waals surface area (Å²) in [6, 6.07) is 4.77. The molecule has 1 aromatic heterocycles. The maximum absolute atomic E-state index is 4.22. The second-order valence-corrected chi connectivity index (χ2v) is 5.40. The molecule has 0 aromatic carbocycles. The maximum Gasteiger partial charge on any atom is 0.0365 e. The average molecular weight is 204 g/mol. The fourth-order valence-corrected chi connectivity index (χ4v) is 2.36. The van der Waals surface area contributed by atoms with Crippen molar-refractivity contribution >= 4 is 0 Å². The van der Waals surface area contributed by atoms with Gasteiger partial charge in [-0.05, 0) is 43.5 Å². The van der Waals surface area contributed by atoms with Gasteiger partial charge < -0.3 is 0 Å². The van der Waals surface area contributed by atoms with E-state index in [9.17, 15) is 0 Å². The minimum absolute atomic E-state index is 0.465. The van der Waals surface area contributed by atoms with Crippen LogP contribution in [0.4, 0.5) is 0 Å². The first-order chi connectivity index (χ1) is 7.08. The van der Waals surface area contributed by atoms with Crippen LogP contribution < -0.4 is 0 Å². The largest absolute Gasteiger partial charge is 0.299 e. The van der Waals surface area contributed by atoms with Crippen LogP contribution in [0.15, 0.2) is 24.5 Å². The zero-order chi connectivity index (χ0) is 10.9. The van der Waals surface area contributed by atoms with E-state index < -0.39 is 0 Å². The van der Waals surface area contributed by atoms with E-state index >= 15 is 0 Å². The van der Waals surface area contributed by atoms with Gasteiger partial charge in [-0.2, -0.15) is 0 Å². The number of likely N-dealkylation sites (tertiary alicyclic amines) is 1. The van der Waals surface area contributed by atoms with Crippen LogP contribution in [0.1, 0.15) is 38.3 Å². The van der Waals surface area contributed by atoms with Crippen LogP contribution in [0.3, 0.4) is 0 Å². The highest BCUT2D eigenvalue weighted by Crippen LogP contribution is 2.40. The van der Waals surface area contributed by atoms with Crippen LogP contribution in [0, 0.1) is 5.41 Å². The van der Waals surface area contributed by atoms with Crippen molar-refractivity contribution in [2.75, 3.05) is 13.6 Å². The summed E-state index contributed by atoms with van der Waals surface area (Å²) in [4.78, 5) is 6.66.